The first-order chi connectivity index (χ1) is 13.5. The van der Waals surface area contributed by atoms with Gasteiger partial charge in [0, 0.05) is 13.5 Å². The molecule has 0 bridgehead atoms. The van der Waals surface area contributed by atoms with Crippen LogP contribution in [0.5, 0.6) is 0 Å². The lowest BCUT2D eigenvalue weighted by Gasteiger charge is -2.40. The van der Waals surface area contributed by atoms with E-state index < -0.39 is 43.3 Å². The summed E-state index contributed by atoms with van der Waals surface area (Å²) in [6.45, 7) is 1.78. The number of carbonyl (C=O) groups is 1. The Balaban J connectivity index is 2.14. The molecule has 1 heterocycles. The molecule has 0 aromatic carbocycles. The third kappa shape index (κ3) is 9.18. The van der Waals surface area contributed by atoms with Crippen molar-refractivity contribution in [2.75, 3.05) is 13.7 Å². The van der Waals surface area contributed by atoms with Gasteiger partial charge in [-0.05, 0) is 6.42 Å². The fourth-order valence-electron chi connectivity index (χ4n) is 3.54. The molecule has 1 aliphatic rings. The van der Waals surface area contributed by atoms with Crippen molar-refractivity contribution in [2.24, 2.45) is 0 Å². The number of hydrogen-bond acceptors (Lipinski definition) is 7. The molecule has 5 atom stereocenters. The Hall–Kier alpha value is -0.730. The number of methoxy groups -OCH3 is 1. The van der Waals surface area contributed by atoms with Crippen molar-refractivity contribution in [2.45, 2.75) is 115 Å². The van der Waals surface area contributed by atoms with Crippen LogP contribution in [0, 0.1) is 0 Å². The first-order valence-corrected chi connectivity index (χ1v) is 10.9. The molecule has 1 fully saturated rings. The summed E-state index contributed by atoms with van der Waals surface area (Å²) in [6, 6.07) is 0. The highest BCUT2D eigenvalue weighted by Gasteiger charge is 2.46. The largest absolute Gasteiger partial charge is 0.457 e. The van der Waals surface area contributed by atoms with Crippen molar-refractivity contribution in [3.05, 3.63) is 0 Å². The standard InChI is InChI=1S/C21H40O7/c1-3-4-5-6-7-8-9-10-11-12-13-14-17(23)28-20-16(15-22)27-21(26-2)19(25)18(20)24/h16,18-22,24-25H,3-15H2,1-2H3/t16-,18-,19-,20-,21+/m1/s1. The van der Waals surface area contributed by atoms with Crippen LogP contribution in [0.15, 0.2) is 0 Å². The molecule has 7 heteroatoms. The zero-order valence-corrected chi connectivity index (χ0v) is 17.6. The molecule has 0 amide bonds. The summed E-state index contributed by atoms with van der Waals surface area (Å²) in [7, 11) is 1.33. The predicted octanol–water partition coefficient (Wildman–Crippen LogP) is 2.68. The lowest BCUT2D eigenvalue weighted by molar-refractivity contribution is -0.297. The van der Waals surface area contributed by atoms with Gasteiger partial charge in [-0.15, -0.1) is 0 Å². The highest BCUT2D eigenvalue weighted by molar-refractivity contribution is 5.69. The van der Waals surface area contributed by atoms with E-state index in [1.807, 2.05) is 0 Å². The number of ether oxygens (including phenoxy) is 3. The molecule has 3 N–H and O–H groups in total. The van der Waals surface area contributed by atoms with Crippen molar-refractivity contribution < 1.29 is 34.3 Å². The number of carbonyl (C=O) groups excluding carboxylic acids is 1. The second kappa shape index (κ2) is 15.2. The Morgan fingerprint density at radius 3 is 1.93 bits per heavy atom. The van der Waals surface area contributed by atoms with Crippen LogP contribution in [-0.4, -0.2) is 65.7 Å². The van der Waals surface area contributed by atoms with Gasteiger partial charge in [0.05, 0.1) is 6.61 Å². The smallest absolute Gasteiger partial charge is 0.306 e. The summed E-state index contributed by atoms with van der Waals surface area (Å²) < 4.78 is 15.5. The Kier molecular flexibility index (Phi) is 13.7. The Morgan fingerprint density at radius 1 is 0.893 bits per heavy atom. The van der Waals surface area contributed by atoms with E-state index in [1.165, 1.54) is 58.5 Å². The third-order valence-electron chi connectivity index (χ3n) is 5.30. The molecule has 1 saturated heterocycles. The second-order valence-corrected chi connectivity index (χ2v) is 7.68. The average Bonchev–Trinajstić information content (AvgIpc) is 2.70. The lowest BCUT2D eigenvalue weighted by atomic mass is 9.99. The van der Waals surface area contributed by atoms with Crippen LogP contribution in [0.25, 0.3) is 0 Å². The van der Waals surface area contributed by atoms with Gasteiger partial charge in [0.15, 0.2) is 12.4 Å². The molecule has 166 valence electrons. The van der Waals surface area contributed by atoms with Gasteiger partial charge >= 0.3 is 5.97 Å². The number of aliphatic hydroxyl groups is 3. The van der Waals surface area contributed by atoms with Gasteiger partial charge in [-0.3, -0.25) is 4.79 Å². The molecule has 0 unspecified atom stereocenters. The van der Waals surface area contributed by atoms with Crippen LogP contribution in [0.4, 0.5) is 0 Å². The van der Waals surface area contributed by atoms with Crippen molar-refractivity contribution >= 4 is 5.97 Å². The Labute approximate surface area is 169 Å². The fraction of sp³-hybridized carbons (Fsp3) is 0.952. The SMILES string of the molecule is CCCCCCCCCCCCCC(=O)O[C@H]1[C@H](O)[C@@H](O)[C@@H](OC)O[C@@H]1CO. The molecule has 1 rings (SSSR count). The topological polar surface area (TPSA) is 105 Å². The molecule has 7 nitrogen and oxygen atoms in total. The molecule has 0 aromatic heterocycles. The van der Waals surface area contributed by atoms with Crippen molar-refractivity contribution in [3.63, 3.8) is 0 Å². The van der Waals surface area contributed by atoms with E-state index in [0.29, 0.717) is 0 Å². The van der Waals surface area contributed by atoms with Crippen molar-refractivity contribution in [1.82, 2.24) is 0 Å². The van der Waals surface area contributed by atoms with Crippen LogP contribution in [0.3, 0.4) is 0 Å². The number of unbranched alkanes of at least 4 members (excludes halogenated alkanes) is 10. The van der Waals surface area contributed by atoms with Crippen molar-refractivity contribution in [3.8, 4) is 0 Å². The normalized spacial score (nSPS) is 27.7. The number of aliphatic hydroxyl groups excluding tert-OH is 3. The van der Waals surface area contributed by atoms with Crippen LogP contribution in [0.1, 0.15) is 84.0 Å². The number of esters is 1. The van der Waals surface area contributed by atoms with E-state index in [0.717, 1.165) is 19.3 Å². The zero-order chi connectivity index (χ0) is 20.8. The summed E-state index contributed by atoms with van der Waals surface area (Å²) >= 11 is 0. The van der Waals surface area contributed by atoms with Gasteiger partial charge in [-0.1, -0.05) is 71.1 Å². The summed E-state index contributed by atoms with van der Waals surface area (Å²) in [5, 5.41) is 29.5. The van der Waals surface area contributed by atoms with Gasteiger partial charge in [-0.25, -0.2) is 0 Å². The van der Waals surface area contributed by atoms with Crippen molar-refractivity contribution in [1.29, 1.82) is 0 Å². The highest BCUT2D eigenvalue weighted by Crippen LogP contribution is 2.24. The maximum Gasteiger partial charge on any atom is 0.306 e. The molecule has 0 radical (unpaired) electrons. The molecule has 0 spiro atoms. The first kappa shape index (κ1) is 25.3. The average molecular weight is 405 g/mol. The van der Waals surface area contributed by atoms with Crippen LogP contribution < -0.4 is 0 Å². The lowest BCUT2D eigenvalue weighted by Crippen LogP contribution is -2.60. The third-order valence-corrected chi connectivity index (χ3v) is 5.30. The summed E-state index contributed by atoms with van der Waals surface area (Å²) in [6.07, 6.45) is 7.60. The minimum absolute atomic E-state index is 0.252. The van der Waals surface area contributed by atoms with Gasteiger partial charge in [0.25, 0.3) is 0 Å². The van der Waals surface area contributed by atoms with E-state index in [9.17, 15) is 20.1 Å². The maximum absolute atomic E-state index is 12.1. The van der Waals surface area contributed by atoms with Gasteiger partial charge < -0.3 is 29.5 Å². The fourth-order valence-corrected chi connectivity index (χ4v) is 3.54. The van der Waals surface area contributed by atoms with E-state index in [1.54, 1.807) is 0 Å². The zero-order valence-electron chi connectivity index (χ0n) is 17.6. The van der Waals surface area contributed by atoms with E-state index >= 15 is 0 Å². The van der Waals surface area contributed by atoms with Crippen LogP contribution >= 0.6 is 0 Å². The molecule has 28 heavy (non-hydrogen) atoms. The van der Waals surface area contributed by atoms with Crippen LogP contribution in [-0.2, 0) is 19.0 Å². The quantitative estimate of drug-likeness (QED) is 0.285. The Bertz CT molecular complexity index is 402. The summed E-state index contributed by atoms with van der Waals surface area (Å²) in [4.78, 5) is 12.1. The van der Waals surface area contributed by atoms with Crippen LogP contribution in [0.2, 0.25) is 0 Å². The molecule has 0 saturated carbocycles. The molecule has 1 aliphatic heterocycles. The maximum atomic E-state index is 12.1. The highest BCUT2D eigenvalue weighted by atomic mass is 16.7. The van der Waals surface area contributed by atoms with Gasteiger partial charge in [0.1, 0.15) is 18.3 Å². The molecular formula is C21H40O7. The summed E-state index contributed by atoms with van der Waals surface area (Å²) in [5.74, 6) is -0.454. The number of hydrogen-bond donors (Lipinski definition) is 3. The first-order valence-electron chi connectivity index (χ1n) is 10.9. The Morgan fingerprint density at radius 2 is 1.43 bits per heavy atom. The monoisotopic (exact) mass is 404 g/mol. The molecule has 0 aliphatic carbocycles. The summed E-state index contributed by atoms with van der Waals surface area (Å²) in [5.41, 5.74) is 0. The minimum Gasteiger partial charge on any atom is -0.457 e. The van der Waals surface area contributed by atoms with Gasteiger partial charge in [-0.2, -0.15) is 0 Å². The number of rotatable bonds is 15. The van der Waals surface area contributed by atoms with E-state index in [4.69, 9.17) is 14.2 Å². The van der Waals surface area contributed by atoms with Gasteiger partial charge in [0.2, 0.25) is 0 Å². The molecular weight excluding hydrogens is 364 g/mol. The van der Waals surface area contributed by atoms with E-state index in [2.05, 4.69) is 6.92 Å². The minimum atomic E-state index is -1.36. The predicted molar refractivity (Wildman–Crippen MR) is 106 cm³/mol. The second-order valence-electron chi connectivity index (χ2n) is 7.68. The van der Waals surface area contributed by atoms with E-state index in [-0.39, 0.29) is 6.42 Å². The molecule has 0 aromatic rings.